The molecule has 0 amide bonds. The van der Waals surface area contributed by atoms with Crippen LogP contribution in [0.2, 0.25) is 0 Å². The van der Waals surface area contributed by atoms with Gasteiger partial charge in [0.25, 0.3) is 0 Å². The lowest BCUT2D eigenvalue weighted by molar-refractivity contribution is -0.130. The second kappa shape index (κ2) is 6.67. The summed E-state index contributed by atoms with van der Waals surface area (Å²) in [5.74, 6) is -0.966. The molecule has 0 bridgehead atoms. The Bertz CT molecular complexity index is 679. The van der Waals surface area contributed by atoms with Crippen molar-refractivity contribution in [2.24, 2.45) is 5.73 Å². The van der Waals surface area contributed by atoms with Gasteiger partial charge in [-0.05, 0) is 41.6 Å². The average Bonchev–Trinajstić information content (AvgIpc) is 2.46. The molecule has 106 valence electrons. The monoisotopic (exact) mass is 298 g/mol. The third kappa shape index (κ3) is 4.15. The van der Waals surface area contributed by atoms with Gasteiger partial charge in [-0.15, -0.1) is 0 Å². The molecule has 2 rings (SSSR count). The Balaban J connectivity index is 2.31. The van der Waals surface area contributed by atoms with Crippen molar-refractivity contribution >= 4 is 40.6 Å². The highest BCUT2D eigenvalue weighted by Gasteiger charge is 2.09. The van der Waals surface area contributed by atoms with Crippen LogP contribution in [-0.2, 0) is 4.79 Å². The number of aliphatic carboxylic acids is 1. The molecule has 2 aromatic carbocycles. The van der Waals surface area contributed by atoms with Gasteiger partial charge in [0, 0.05) is 5.69 Å². The fraction of sp³-hybridized carbons (Fsp3) is 0. The lowest BCUT2D eigenvalue weighted by Gasteiger charge is -2.05. The van der Waals surface area contributed by atoms with Crippen LogP contribution < -0.4 is 11.1 Å². The second-order valence-corrected chi connectivity index (χ2v) is 4.78. The highest BCUT2D eigenvalue weighted by atomic mass is 32.1. The SMILES string of the molecule is NC(=S)Nc1ccc(C=C(C(=O)O)c2ccccc2)cc1. The number of benzene rings is 2. The van der Waals surface area contributed by atoms with Crippen molar-refractivity contribution in [3.8, 4) is 0 Å². The maximum atomic E-state index is 11.4. The predicted octanol–water partition coefficient (Wildman–Crippen LogP) is 2.97. The Morgan fingerprint density at radius 2 is 1.71 bits per heavy atom. The number of nitrogens with one attached hydrogen (secondary N) is 1. The molecule has 0 atom stereocenters. The summed E-state index contributed by atoms with van der Waals surface area (Å²) in [6.45, 7) is 0. The fourth-order valence-electron chi connectivity index (χ4n) is 1.86. The Morgan fingerprint density at radius 1 is 1.10 bits per heavy atom. The summed E-state index contributed by atoms with van der Waals surface area (Å²) in [6.07, 6.45) is 1.63. The number of carboxylic acids is 1. The highest BCUT2D eigenvalue weighted by molar-refractivity contribution is 7.80. The van der Waals surface area contributed by atoms with Crippen LogP contribution in [0.5, 0.6) is 0 Å². The molecule has 5 heteroatoms. The number of nitrogens with two attached hydrogens (primary N) is 1. The van der Waals surface area contributed by atoms with Crippen LogP contribution >= 0.6 is 12.2 Å². The molecule has 0 aliphatic rings. The molecule has 0 aromatic heterocycles. The second-order valence-electron chi connectivity index (χ2n) is 4.34. The molecule has 0 aliphatic carbocycles. The molecule has 2 aromatic rings. The third-order valence-electron chi connectivity index (χ3n) is 2.80. The van der Waals surface area contributed by atoms with Gasteiger partial charge in [-0.2, -0.15) is 0 Å². The van der Waals surface area contributed by atoms with Crippen molar-refractivity contribution in [2.75, 3.05) is 5.32 Å². The van der Waals surface area contributed by atoms with E-state index in [4.69, 9.17) is 18.0 Å². The van der Waals surface area contributed by atoms with Crippen molar-refractivity contribution in [3.05, 3.63) is 65.7 Å². The van der Waals surface area contributed by atoms with Crippen LogP contribution in [0, 0.1) is 0 Å². The molecule has 4 nitrogen and oxygen atoms in total. The Hall–Kier alpha value is -2.66. The van der Waals surface area contributed by atoms with Crippen LogP contribution in [0.1, 0.15) is 11.1 Å². The number of carboxylic acid groups (broad SMARTS) is 1. The van der Waals surface area contributed by atoms with E-state index in [1.807, 2.05) is 6.07 Å². The zero-order valence-corrected chi connectivity index (χ0v) is 11.9. The molecular formula is C16H14N2O2S. The van der Waals surface area contributed by atoms with Gasteiger partial charge < -0.3 is 16.2 Å². The van der Waals surface area contributed by atoms with Crippen molar-refractivity contribution < 1.29 is 9.90 Å². The quantitative estimate of drug-likeness (QED) is 0.459. The summed E-state index contributed by atoms with van der Waals surface area (Å²) < 4.78 is 0. The Morgan fingerprint density at radius 3 is 2.24 bits per heavy atom. The van der Waals surface area contributed by atoms with Gasteiger partial charge in [0.05, 0.1) is 5.57 Å². The van der Waals surface area contributed by atoms with Gasteiger partial charge in [0.2, 0.25) is 0 Å². The molecule has 0 saturated heterocycles. The summed E-state index contributed by atoms with van der Waals surface area (Å²) in [4.78, 5) is 11.4. The first kappa shape index (κ1) is 14.7. The maximum Gasteiger partial charge on any atom is 0.336 e. The summed E-state index contributed by atoms with van der Waals surface area (Å²) >= 11 is 4.76. The first-order chi connectivity index (χ1) is 10.1. The zero-order chi connectivity index (χ0) is 15.2. The first-order valence-electron chi connectivity index (χ1n) is 6.23. The summed E-state index contributed by atoms with van der Waals surface area (Å²) in [5, 5.41) is 12.3. The van der Waals surface area contributed by atoms with Crippen molar-refractivity contribution in [2.45, 2.75) is 0 Å². The van der Waals surface area contributed by atoms with Crippen molar-refractivity contribution in [1.29, 1.82) is 0 Å². The molecule has 0 spiro atoms. The van der Waals surface area contributed by atoms with Gasteiger partial charge in [-0.25, -0.2) is 4.79 Å². The molecule has 4 N–H and O–H groups in total. The number of anilines is 1. The average molecular weight is 298 g/mol. The fourth-order valence-corrected chi connectivity index (χ4v) is 1.98. The van der Waals surface area contributed by atoms with Crippen LogP contribution in [-0.4, -0.2) is 16.2 Å². The molecule has 0 unspecified atom stereocenters. The third-order valence-corrected chi connectivity index (χ3v) is 2.91. The first-order valence-corrected chi connectivity index (χ1v) is 6.64. The normalized spacial score (nSPS) is 11.0. The van der Waals surface area contributed by atoms with Crippen molar-refractivity contribution in [3.63, 3.8) is 0 Å². The predicted molar refractivity (Wildman–Crippen MR) is 88.8 cm³/mol. The minimum atomic E-state index is -0.966. The zero-order valence-electron chi connectivity index (χ0n) is 11.1. The highest BCUT2D eigenvalue weighted by Crippen LogP contribution is 2.19. The lowest BCUT2D eigenvalue weighted by atomic mass is 10.0. The number of rotatable bonds is 4. The van der Waals surface area contributed by atoms with E-state index < -0.39 is 5.97 Å². The van der Waals surface area contributed by atoms with E-state index in [9.17, 15) is 9.90 Å². The molecule has 0 heterocycles. The number of carbonyl (C=O) groups is 1. The van der Waals surface area contributed by atoms with E-state index >= 15 is 0 Å². The van der Waals surface area contributed by atoms with Crippen LogP contribution in [0.4, 0.5) is 5.69 Å². The van der Waals surface area contributed by atoms with E-state index in [1.54, 1.807) is 54.6 Å². The van der Waals surface area contributed by atoms with E-state index in [0.29, 0.717) is 5.56 Å². The Kier molecular flexibility index (Phi) is 4.68. The van der Waals surface area contributed by atoms with Gasteiger partial charge >= 0.3 is 5.97 Å². The van der Waals surface area contributed by atoms with Crippen molar-refractivity contribution in [1.82, 2.24) is 0 Å². The van der Waals surface area contributed by atoms with E-state index in [2.05, 4.69) is 5.32 Å². The van der Waals surface area contributed by atoms with Gasteiger partial charge in [-0.1, -0.05) is 42.5 Å². The van der Waals surface area contributed by atoms with Gasteiger partial charge in [-0.3, -0.25) is 0 Å². The topological polar surface area (TPSA) is 75.3 Å². The maximum absolute atomic E-state index is 11.4. The van der Waals surface area contributed by atoms with E-state index in [-0.39, 0.29) is 10.7 Å². The molecule has 21 heavy (non-hydrogen) atoms. The molecule has 0 aliphatic heterocycles. The minimum absolute atomic E-state index is 0.189. The van der Waals surface area contributed by atoms with Crippen LogP contribution in [0.25, 0.3) is 11.6 Å². The Labute approximate surface area is 127 Å². The summed E-state index contributed by atoms with van der Waals surface area (Å²) in [7, 11) is 0. The largest absolute Gasteiger partial charge is 0.478 e. The number of hydrogen-bond donors (Lipinski definition) is 3. The van der Waals surface area contributed by atoms with Crippen LogP contribution in [0.3, 0.4) is 0 Å². The summed E-state index contributed by atoms with van der Waals surface area (Å²) in [5.41, 5.74) is 7.84. The molecule has 0 fully saturated rings. The summed E-state index contributed by atoms with van der Waals surface area (Å²) in [6, 6.07) is 16.2. The molecule has 0 saturated carbocycles. The van der Waals surface area contributed by atoms with E-state index in [1.165, 1.54) is 0 Å². The smallest absolute Gasteiger partial charge is 0.336 e. The molecule has 0 radical (unpaired) electrons. The van der Waals surface area contributed by atoms with Crippen LogP contribution in [0.15, 0.2) is 54.6 Å². The number of thiocarbonyl (C=S) groups is 1. The minimum Gasteiger partial charge on any atom is -0.478 e. The standard InChI is InChI=1S/C16H14N2O2S/c17-16(21)18-13-8-6-11(7-9-13)10-14(15(19)20)12-4-2-1-3-5-12/h1-10H,(H,19,20)(H3,17,18,21). The molecular weight excluding hydrogens is 284 g/mol. The van der Waals surface area contributed by atoms with Gasteiger partial charge in [0.15, 0.2) is 5.11 Å². The van der Waals surface area contributed by atoms with E-state index in [0.717, 1.165) is 11.3 Å². The number of hydrogen-bond acceptors (Lipinski definition) is 2. The van der Waals surface area contributed by atoms with Gasteiger partial charge in [0.1, 0.15) is 0 Å². The lowest BCUT2D eigenvalue weighted by Crippen LogP contribution is -2.18.